The molecule has 0 aromatic heterocycles. The van der Waals surface area contributed by atoms with Gasteiger partial charge in [0, 0.05) is 11.8 Å². The fourth-order valence-electron chi connectivity index (χ4n) is 2.04. The Balaban J connectivity index is 1.40. The number of ether oxygens (including phenoxy) is 3. The highest BCUT2D eigenvalue weighted by molar-refractivity contribution is 5.89. The van der Waals surface area contributed by atoms with Gasteiger partial charge in [0.2, 0.25) is 6.79 Å². The number of carbonyl (C=O) groups excluding carboxylic acids is 1. The van der Waals surface area contributed by atoms with Gasteiger partial charge in [-0.1, -0.05) is 6.07 Å². The molecule has 0 saturated heterocycles. The average molecular weight is 318 g/mol. The third kappa shape index (κ3) is 4.03. The summed E-state index contributed by atoms with van der Waals surface area (Å²) >= 11 is 0. The maximum atomic E-state index is 13.0. The second kappa shape index (κ2) is 6.87. The molecule has 120 valence electrons. The number of fused-ring (bicyclic) bond motifs is 1. The van der Waals surface area contributed by atoms with Crippen LogP contribution in [0.5, 0.6) is 17.2 Å². The van der Waals surface area contributed by atoms with Crippen LogP contribution >= 0.6 is 0 Å². The standard InChI is InChI=1S/C16H15FN2O4/c17-11-2-1-3-12(8-11)19-16(20)18-6-7-21-13-4-5-14-15(9-13)23-10-22-14/h1-5,8-9H,6-7,10H2,(H2,18,19,20). The lowest BCUT2D eigenvalue weighted by Crippen LogP contribution is -2.32. The first-order valence-corrected chi connectivity index (χ1v) is 7.03. The lowest BCUT2D eigenvalue weighted by molar-refractivity contribution is 0.173. The van der Waals surface area contributed by atoms with Crippen molar-refractivity contribution >= 4 is 11.7 Å². The van der Waals surface area contributed by atoms with Gasteiger partial charge in [0.25, 0.3) is 0 Å². The van der Waals surface area contributed by atoms with Gasteiger partial charge in [0.05, 0.1) is 6.54 Å². The molecule has 1 heterocycles. The molecule has 2 amide bonds. The first-order valence-electron chi connectivity index (χ1n) is 7.03. The molecule has 0 saturated carbocycles. The van der Waals surface area contributed by atoms with Crippen LogP contribution in [-0.4, -0.2) is 26.0 Å². The molecule has 0 fully saturated rings. The van der Waals surface area contributed by atoms with Gasteiger partial charge in [-0.25, -0.2) is 9.18 Å². The minimum atomic E-state index is -0.426. The van der Waals surface area contributed by atoms with Crippen LogP contribution in [0.3, 0.4) is 0 Å². The summed E-state index contributed by atoms with van der Waals surface area (Å²) in [4.78, 5) is 11.7. The van der Waals surface area contributed by atoms with E-state index in [1.54, 1.807) is 24.3 Å². The zero-order valence-electron chi connectivity index (χ0n) is 12.2. The molecule has 2 aromatic rings. The van der Waals surface area contributed by atoms with E-state index in [0.717, 1.165) is 0 Å². The number of hydrogen-bond donors (Lipinski definition) is 2. The quantitative estimate of drug-likeness (QED) is 0.832. The van der Waals surface area contributed by atoms with Crippen LogP contribution < -0.4 is 24.8 Å². The van der Waals surface area contributed by atoms with Crippen LogP contribution in [0, 0.1) is 5.82 Å². The number of rotatable bonds is 5. The SMILES string of the molecule is O=C(NCCOc1ccc2c(c1)OCO2)Nc1cccc(F)c1. The molecule has 0 spiro atoms. The first-order chi connectivity index (χ1) is 11.2. The second-order valence-electron chi connectivity index (χ2n) is 4.75. The molecule has 23 heavy (non-hydrogen) atoms. The molecule has 0 unspecified atom stereocenters. The molecule has 7 heteroatoms. The molecule has 6 nitrogen and oxygen atoms in total. The average Bonchev–Trinajstić information content (AvgIpc) is 2.99. The molecular formula is C16H15FN2O4. The van der Waals surface area contributed by atoms with Gasteiger partial charge in [-0.15, -0.1) is 0 Å². The zero-order valence-corrected chi connectivity index (χ0v) is 12.2. The monoisotopic (exact) mass is 318 g/mol. The summed E-state index contributed by atoms with van der Waals surface area (Å²) in [5.74, 6) is 1.54. The van der Waals surface area contributed by atoms with Crippen LogP contribution in [0.25, 0.3) is 0 Å². The van der Waals surface area contributed by atoms with E-state index in [0.29, 0.717) is 29.5 Å². The Morgan fingerprint density at radius 2 is 2.04 bits per heavy atom. The summed E-state index contributed by atoms with van der Waals surface area (Å²) in [6.07, 6.45) is 0. The number of urea groups is 1. The van der Waals surface area contributed by atoms with Gasteiger partial charge >= 0.3 is 6.03 Å². The predicted molar refractivity (Wildman–Crippen MR) is 81.5 cm³/mol. The number of nitrogens with one attached hydrogen (secondary N) is 2. The van der Waals surface area contributed by atoms with E-state index in [1.165, 1.54) is 18.2 Å². The number of hydrogen-bond acceptors (Lipinski definition) is 4. The van der Waals surface area contributed by atoms with E-state index in [1.807, 2.05) is 0 Å². The second-order valence-corrected chi connectivity index (χ2v) is 4.75. The topological polar surface area (TPSA) is 68.8 Å². The maximum Gasteiger partial charge on any atom is 0.319 e. The van der Waals surface area contributed by atoms with Gasteiger partial charge < -0.3 is 24.8 Å². The molecule has 0 aliphatic carbocycles. The third-order valence-corrected chi connectivity index (χ3v) is 3.08. The Morgan fingerprint density at radius 3 is 2.91 bits per heavy atom. The van der Waals surface area contributed by atoms with Gasteiger partial charge in [-0.3, -0.25) is 0 Å². The number of amides is 2. The van der Waals surface area contributed by atoms with E-state index in [9.17, 15) is 9.18 Å². The van der Waals surface area contributed by atoms with E-state index in [2.05, 4.69) is 10.6 Å². The Bertz CT molecular complexity index is 708. The Kier molecular flexibility index (Phi) is 4.46. The number of carbonyl (C=O) groups is 1. The molecule has 0 radical (unpaired) electrons. The molecule has 0 bridgehead atoms. The summed E-state index contributed by atoms with van der Waals surface area (Å²) in [5.41, 5.74) is 0.388. The highest BCUT2D eigenvalue weighted by Gasteiger charge is 2.13. The molecular weight excluding hydrogens is 303 g/mol. The lowest BCUT2D eigenvalue weighted by Gasteiger charge is -2.09. The van der Waals surface area contributed by atoms with Crippen molar-refractivity contribution < 1.29 is 23.4 Å². The first kappa shape index (κ1) is 15.0. The normalized spacial score (nSPS) is 11.9. The van der Waals surface area contributed by atoms with E-state index < -0.39 is 11.8 Å². The summed E-state index contributed by atoms with van der Waals surface area (Å²) in [6.45, 7) is 0.798. The molecule has 2 aromatic carbocycles. The molecule has 2 N–H and O–H groups in total. The minimum Gasteiger partial charge on any atom is -0.492 e. The fourth-order valence-corrected chi connectivity index (χ4v) is 2.04. The summed E-state index contributed by atoms with van der Waals surface area (Å²) in [5, 5.41) is 5.15. The van der Waals surface area contributed by atoms with Gasteiger partial charge in [-0.2, -0.15) is 0 Å². The largest absolute Gasteiger partial charge is 0.492 e. The summed E-state index contributed by atoms with van der Waals surface area (Å²) < 4.78 is 29.0. The van der Waals surface area contributed by atoms with Crippen LogP contribution in [0.15, 0.2) is 42.5 Å². The number of anilines is 1. The van der Waals surface area contributed by atoms with Crippen molar-refractivity contribution in [1.82, 2.24) is 5.32 Å². The Morgan fingerprint density at radius 1 is 1.17 bits per heavy atom. The summed E-state index contributed by atoms with van der Waals surface area (Å²) in [6, 6.07) is 10.5. The van der Waals surface area contributed by atoms with E-state index in [-0.39, 0.29) is 13.4 Å². The van der Waals surface area contributed by atoms with Crippen molar-refractivity contribution in [2.24, 2.45) is 0 Å². The molecule has 3 rings (SSSR count). The molecule has 1 aliphatic rings. The van der Waals surface area contributed by atoms with Crippen LogP contribution in [-0.2, 0) is 0 Å². The van der Waals surface area contributed by atoms with Crippen molar-refractivity contribution in [1.29, 1.82) is 0 Å². The number of benzene rings is 2. The van der Waals surface area contributed by atoms with E-state index in [4.69, 9.17) is 14.2 Å². The maximum absolute atomic E-state index is 13.0. The van der Waals surface area contributed by atoms with Gasteiger partial charge in [-0.05, 0) is 30.3 Å². The van der Waals surface area contributed by atoms with Gasteiger partial charge in [0.15, 0.2) is 11.5 Å². The third-order valence-electron chi connectivity index (χ3n) is 3.08. The van der Waals surface area contributed by atoms with Crippen molar-refractivity contribution in [3.63, 3.8) is 0 Å². The van der Waals surface area contributed by atoms with Crippen LogP contribution in [0.4, 0.5) is 14.9 Å². The Hall–Kier alpha value is -2.96. The van der Waals surface area contributed by atoms with Crippen molar-refractivity contribution in [2.75, 3.05) is 25.3 Å². The van der Waals surface area contributed by atoms with Crippen molar-refractivity contribution in [3.8, 4) is 17.2 Å². The smallest absolute Gasteiger partial charge is 0.319 e. The number of halogens is 1. The van der Waals surface area contributed by atoms with Crippen LogP contribution in [0.2, 0.25) is 0 Å². The predicted octanol–water partition coefficient (Wildman–Crippen LogP) is 2.75. The minimum absolute atomic E-state index is 0.209. The molecule has 0 atom stereocenters. The van der Waals surface area contributed by atoms with Crippen molar-refractivity contribution in [2.45, 2.75) is 0 Å². The highest BCUT2D eigenvalue weighted by atomic mass is 19.1. The summed E-state index contributed by atoms with van der Waals surface area (Å²) in [7, 11) is 0. The Labute approximate surface area is 132 Å². The van der Waals surface area contributed by atoms with Gasteiger partial charge in [0.1, 0.15) is 18.2 Å². The van der Waals surface area contributed by atoms with Crippen molar-refractivity contribution in [3.05, 3.63) is 48.3 Å². The van der Waals surface area contributed by atoms with Crippen LogP contribution in [0.1, 0.15) is 0 Å². The zero-order chi connectivity index (χ0) is 16.1. The lowest BCUT2D eigenvalue weighted by atomic mass is 10.3. The fraction of sp³-hybridized carbons (Fsp3) is 0.188. The highest BCUT2D eigenvalue weighted by Crippen LogP contribution is 2.34. The van der Waals surface area contributed by atoms with E-state index >= 15 is 0 Å². The molecule has 1 aliphatic heterocycles.